The van der Waals surface area contributed by atoms with E-state index in [1.165, 1.54) is 19.4 Å². The molecule has 1 aliphatic heterocycles. The number of Topliss-reactive ketones (excluding diaryl/α,β-unsaturated/α-hetero) is 1. The highest BCUT2D eigenvalue weighted by molar-refractivity contribution is 14.1. The highest BCUT2D eigenvalue weighted by Crippen LogP contribution is 2.40. The van der Waals surface area contributed by atoms with E-state index in [4.69, 9.17) is 0 Å². The van der Waals surface area contributed by atoms with Gasteiger partial charge in [0.05, 0.1) is 8.93 Å². The van der Waals surface area contributed by atoms with Crippen molar-refractivity contribution in [3.63, 3.8) is 0 Å². The van der Waals surface area contributed by atoms with E-state index >= 15 is 0 Å². The molecule has 1 fully saturated rings. The molecule has 23 heavy (non-hydrogen) atoms. The molecule has 0 spiro atoms. The molecule has 2 aliphatic rings. The molecule has 1 saturated carbocycles. The molecule has 1 unspecified atom stereocenters. The van der Waals surface area contributed by atoms with Crippen molar-refractivity contribution in [3.8, 4) is 0 Å². The molecular formula is C18H17FINOS. The summed E-state index contributed by atoms with van der Waals surface area (Å²) >= 11 is 4.18. The van der Waals surface area contributed by atoms with Crippen LogP contribution < -0.4 is 0 Å². The van der Waals surface area contributed by atoms with Crippen LogP contribution in [-0.4, -0.2) is 17.2 Å². The van der Waals surface area contributed by atoms with E-state index in [1.807, 2.05) is 17.4 Å². The van der Waals surface area contributed by atoms with Crippen LogP contribution in [0.1, 0.15) is 34.9 Å². The van der Waals surface area contributed by atoms with E-state index in [1.54, 1.807) is 12.1 Å². The molecule has 0 bridgehead atoms. The molecule has 0 N–H and O–H groups in total. The first-order valence-corrected chi connectivity index (χ1v) is 9.82. The lowest BCUT2D eigenvalue weighted by Gasteiger charge is -2.34. The van der Waals surface area contributed by atoms with E-state index in [0.29, 0.717) is 5.56 Å². The van der Waals surface area contributed by atoms with Crippen molar-refractivity contribution in [2.45, 2.75) is 31.8 Å². The second-order valence-electron chi connectivity index (χ2n) is 6.32. The minimum absolute atomic E-state index is 0.128. The predicted molar refractivity (Wildman–Crippen MR) is 98.0 cm³/mol. The lowest BCUT2D eigenvalue weighted by atomic mass is 9.95. The fourth-order valence-electron chi connectivity index (χ4n) is 3.36. The SMILES string of the molecule is O=C(C1CC1)C(c1ccccc1F)N1CCc2sc(I)cc2C1. The number of hydrogen-bond acceptors (Lipinski definition) is 3. The molecule has 4 rings (SSSR count). The van der Waals surface area contributed by atoms with Gasteiger partial charge in [-0.1, -0.05) is 18.2 Å². The van der Waals surface area contributed by atoms with Gasteiger partial charge in [-0.3, -0.25) is 9.69 Å². The summed E-state index contributed by atoms with van der Waals surface area (Å²) in [4.78, 5) is 16.5. The Bertz CT molecular complexity index is 755. The smallest absolute Gasteiger partial charge is 0.157 e. The molecule has 1 atom stereocenters. The monoisotopic (exact) mass is 441 g/mol. The Morgan fingerprint density at radius 3 is 2.87 bits per heavy atom. The fourth-order valence-corrected chi connectivity index (χ4v) is 5.41. The molecule has 1 aromatic heterocycles. The second-order valence-corrected chi connectivity index (χ2v) is 9.35. The molecule has 5 heteroatoms. The van der Waals surface area contributed by atoms with Crippen LogP contribution in [-0.2, 0) is 17.8 Å². The third kappa shape index (κ3) is 3.10. The van der Waals surface area contributed by atoms with Crippen LogP contribution in [0, 0.1) is 14.6 Å². The Labute approximate surface area is 152 Å². The Morgan fingerprint density at radius 2 is 2.13 bits per heavy atom. The predicted octanol–water partition coefficient (Wildman–Crippen LogP) is 4.57. The number of nitrogens with zero attached hydrogens (tertiary/aromatic N) is 1. The van der Waals surface area contributed by atoms with Crippen molar-refractivity contribution in [2.75, 3.05) is 6.54 Å². The van der Waals surface area contributed by atoms with E-state index in [9.17, 15) is 9.18 Å². The van der Waals surface area contributed by atoms with Gasteiger partial charge in [-0.25, -0.2) is 4.39 Å². The second kappa shape index (κ2) is 6.26. The largest absolute Gasteiger partial charge is 0.297 e. The fraction of sp³-hybridized carbons (Fsp3) is 0.389. The molecule has 120 valence electrons. The van der Waals surface area contributed by atoms with Crippen molar-refractivity contribution in [3.05, 3.63) is 55.0 Å². The number of fused-ring (bicyclic) bond motifs is 1. The molecule has 2 heterocycles. The van der Waals surface area contributed by atoms with Gasteiger partial charge in [-0.05, 0) is 59.5 Å². The molecule has 0 saturated heterocycles. The van der Waals surface area contributed by atoms with Crippen LogP contribution >= 0.6 is 33.9 Å². The van der Waals surface area contributed by atoms with Crippen molar-refractivity contribution in [1.82, 2.24) is 4.90 Å². The van der Waals surface area contributed by atoms with Gasteiger partial charge < -0.3 is 0 Å². The van der Waals surface area contributed by atoms with E-state index < -0.39 is 6.04 Å². The Hall–Kier alpha value is -0.790. The Morgan fingerprint density at radius 1 is 1.35 bits per heavy atom. The van der Waals surface area contributed by atoms with Gasteiger partial charge >= 0.3 is 0 Å². The average molecular weight is 441 g/mol. The average Bonchev–Trinajstić information content (AvgIpc) is 3.31. The number of ketones is 1. The Balaban J connectivity index is 1.68. The highest BCUT2D eigenvalue weighted by Gasteiger charge is 2.40. The molecular weight excluding hydrogens is 424 g/mol. The summed E-state index contributed by atoms with van der Waals surface area (Å²) in [5, 5.41) is 0. The maximum absolute atomic E-state index is 14.4. The zero-order valence-corrected chi connectivity index (χ0v) is 15.6. The summed E-state index contributed by atoms with van der Waals surface area (Å²) in [6.07, 6.45) is 2.87. The number of carbonyl (C=O) groups excluding carboxylic acids is 1. The number of rotatable bonds is 4. The summed E-state index contributed by atoms with van der Waals surface area (Å²) < 4.78 is 15.6. The highest BCUT2D eigenvalue weighted by atomic mass is 127. The van der Waals surface area contributed by atoms with Gasteiger partial charge in [0.25, 0.3) is 0 Å². The zero-order chi connectivity index (χ0) is 16.0. The lowest BCUT2D eigenvalue weighted by Crippen LogP contribution is -2.38. The van der Waals surface area contributed by atoms with Crippen LogP contribution in [0.2, 0.25) is 0 Å². The van der Waals surface area contributed by atoms with Crippen LogP contribution in [0.3, 0.4) is 0 Å². The minimum Gasteiger partial charge on any atom is -0.297 e. The van der Waals surface area contributed by atoms with Crippen molar-refractivity contribution < 1.29 is 9.18 Å². The van der Waals surface area contributed by atoms with Crippen molar-refractivity contribution >= 4 is 39.7 Å². The molecule has 1 aromatic carbocycles. The summed E-state index contributed by atoms with van der Waals surface area (Å²) in [6.45, 7) is 1.56. The van der Waals surface area contributed by atoms with Gasteiger partial charge in [-0.15, -0.1) is 11.3 Å². The maximum atomic E-state index is 14.4. The van der Waals surface area contributed by atoms with Crippen molar-refractivity contribution in [2.24, 2.45) is 5.92 Å². The van der Waals surface area contributed by atoms with Crippen LogP contribution in [0.25, 0.3) is 0 Å². The third-order valence-corrected chi connectivity index (χ3v) is 6.68. The molecule has 1 aliphatic carbocycles. The van der Waals surface area contributed by atoms with Crippen LogP contribution in [0.15, 0.2) is 30.3 Å². The number of halogens is 2. The van der Waals surface area contributed by atoms with Gasteiger partial charge in [0.15, 0.2) is 5.78 Å². The van der Waals surface area contributed by atoms with Crippen molar-refractivity contribution in [1.29, 1.82) is 0 Å². The van der Waals surface area contributed by atoms with E-state index in [0.717, 1.165) is 32.4 Å². The van der Waals surface area contributed by atoms with Gasteiger partial charge in [0.2, 0.25) is 0 Å². The maximum Gasteiger partial charge on any atom is 0.157 e. The first-order chi connectivity index (χ1) is 11.1. The van der Waals surface area contributed by atoms with E-state index in [2.05, 4.69) is 33.6 Å². The molecule has 0 radical (unpaired) electrons. The third-order valence-electron chi connectivity index (χ3n) is 4.68. The quantitative estimate of drug-likeness (QED) is 0.648. The molecule has 0 amide bonds. The summed E-state index contributed by atoms with van der Waals surface area (Å²) in [6, 6.07) is 8.52. The topological polar surface area (TPSA) is 20.3 Å². The number of benzene rings is 1. The Kier molecular flexibility index (Phi) is 4.28. The molecule has 2 aromatic rings. The zero-order valence-electron chi connectivity index (χ0n) is 12.6. The lowest BCUT2D eigenvalue weighted by molar-refractivity contribution is -0.126. The number of thiophene rings is 1. The number of carbonyl (C=O) groups is 1. The molecule has 2 nitrogen and oxygen atoms in total. The van der Waals surface area contributed by atoms with Crippen LogP contribution in [0.5, 0.6) is 0 Å². The first kappa shape index (κ1) is 15.7. The summed E-state index contributed by atoms with van der Waals surface area (Å²) in [5.41, 5.74) is 1.84. The minimum atomic E-state index is -0.436. The summed E-state index contributed by atoms with van der Waals surface area (Å²) in [5.74, 6) is 0.0595. The summed E-state index contributed by atoms with van der Waals surface area (Å²) in [7, 11) is 0. The number of hydrogen-bond donors (Lipinski definition) is 0. The first-order valence-electron chi connectivity index (χ1n) is 7.93. The van der Waals surface area contributed by atoms with E-state index in [-0.39, 0.29) is 17.5 Å². The van der Waals surface area contributed by atoms with Gasteiger partial charge in [0, 0.05) is 29.4 Å². The van der Waals surface area contributed by atoms with Gasteiger partial charge in [-0.2, -0.15) is 0 Å². The normalized spacial score (nSPS) is 19.4. The standard InChI is InChI=1S/C18H17FINOS/c19-14-4-2-1-3-13(14)17(18(22)11-5-6-11)21-8-7-15-12(10-21)9-16(20)23-15/h1-4,9,11,17H,5-8,10H2. The van der Waals surface area contributed by atoms with Gasteiger partial charge in [0.1, 0.15) is 5.82 Å². The van der Waals surface area contributed by atoms with Crippen LogP contribution in [0.4, 0.5) is 4.39 Å².